The monoisotopic (exact) mass is 486 g/mol. The Hall–Kier alpha value is -0.200. The van der Waals surface area contributed by atoms with E-state index in [1.165, 1.54) is 83.8 Å². The molecule has 0 radical (unpaired) electrons. The largest absolute Gasteiger partial charge is 0.364 e. The normalized spacial score (nSPS) is 25.3. The molecule has 0 amide bonds. The van der Waals surface area contributed by atoms with Crippen molar-refractivity contribution in [2.75, 3.05) is 0 Å². The van der Waals surface area contributed by atoms with Crippen LogP contribution in [-0.2, 0) is 4.74 Å². The molecule has 31 heavy (non-hydrogen) atoms. The Balaban J connectivity index is 1.32. The zero-order chi connectivity index (χ0) is 20.7. The van der Waals surface area contributed by atoms with Crippen molar-refractivity contribution < 1.29 is 4.74 Å². The molecule has 5 heteroatoms. The van der Waals surface area contributed by atoms with Crippen LogP contribution in [-0.4, -0.2) is 20.4 Å². The van der Waals surface area contributed by atoms with Gasteiger partial charge in [-0.15, -0.1) is 47.0 Å². The summed E-state index contributed by atoms with van der Waals surface area (Å²) in [5, 5.41) is 0. The van der Waals surface area contributed by atoms with Gasteiger partial charge >= 0.3 is 0 Å². The van der Waals surface area contributed by atoms with Gasteiger partial charge in [0.2, 0.25) is 0 Å². The highest BCUT2D eigenvalue weighted by Crippen LogP contribution is 2.61. The van der Waals surface area contributed by atoms with Gasteiger partial charge in [0.05, 0.1) is 20.4 Å². The lowest BCUT2D eigenvalue weighted by molar-refractivity contribution is -0.169. The van der Waals surface area contributed by atoms with Crippen molar-refractivity contribution in [3.63, 3.8) is 0 Å². The van der Waals surface area contributed by atoms with Crippen LogP contribution >= 0.6 is 47.0 Å². The fourth-order valence-electron chi connectivity index (χ4n) is 5.71. The standard InChI is InChI=1S/C26H30OS4/c1-7-15-25(16-8-1,23-28-19-11-3-4-12-20(19)29-23)27-26(17-9-2-10-18-26)24-30-21-13-5-6-14-22(21)31-24/h3-6,11-14,23-24H,1-2,7-10,15-18H2. The van der Waals surface area contributed by atoms with E-state index in [0.717, 1.165) is 0 Å². The molecule has 2 aliphatic heterocycles. The first kappa shape index (κ1) is 21.3. The summed E-state index contributed by atoms with van der Waals surface area (Å²) < 4.78 is 8.63. The zero-order valence-corrected chi connectivity index (χ0v) is 21.2. The average Bonchev–Trinajstić information content (AvgIpc) is 3.45. The van der Waals surface area contributed by atoms with Crippen molar-refractivity contribution in [1.29, 1.82) is 0 Å². The van der Waals surface area contributed by atoms with Crippen molar-refractivity contribution in [3.05, 3.63) is 48.5 Å². The molecule has 2 aromatic carbocycles. The first-order chi connectivity index (χ1) is 15.3. The number of fused-ring (bicyclic) bond motifs is 2. The van der Waals surface area contributed by atoms with Crippen molar-refractivity contribution in [3.8, 4) is 0 Å². The zero-order valence-electron chi connectivity index (χ0n) is 17.9. The fourth-order valence-corrected chi connectivity index (χ4v) is 12.2. The Morgan fingerprint density at radius 3 is 1.16 bits per heavy atom. The molecule has 0 unspecified atom stereocenters. The maximum atomic E-state index is 7.65. The molecule has 1 nitrogen and oxygen atoms in total. The Morgan fingerprint density at radius 1 is 0.516 bits per heavy atom. The van der Waals surface area contributed by atoms with Crippen LogP contribution in [0.1, 0.15) is 64.2 Å². The smallest absolute Gasteiger partial charge is 0.0907 e. The molecular weight excluding hydrogens is 457 g/mol. The summed E-state index contributed by atoms with van der Waals surface area (Å²) in [5.41, 5.74) is -0.000322. The lowest BCUT2D eigenvalue weighted by atomic mass is 9.81. The number of ether oxygens (including phenoxy) is 1. The first-order valence-electron chi connectivity index (χ1n) is 11.8. The van der Waals surface area contributed by atoms with Crippen LogP contribution in [0.3, 0.4) is 0 Å². The Bertz CT molecular complexity index is 807. The highest BCUT2D eigenvalue weighted by atomic mass is 32.2. The van der Waals surface area contributed by atoms with Gasteiger partial charge in [0.15, 0.2) is 0 Å². The molecule has 2 aliphatic carbocycles. The summed E-state index contributed by atoms with van der Waals surface area (Å²) in [6.45, 7) is 0. The molecule has 6 rings (SSSR count). The molecule has 2 saturated carbocycles. The van der Waals surface area contributed by atoms with E-state index in [1.807, 2.05) is 0 Å². The predicted octanol–water partition coefficient (Wildman–Crippen LogP) is 8.86. The Labute approximate surface area is 203 Å². The summed E-state index contributed by atoms with van der Waals surface area (Å²) in [5.74, 6) is 0. The highest BCUT2D eigenvalue weighted by molar-refractivity contribution is 8.20. The Kier molecular flexibility index (Phi) is 6.10. The number of benzene rings is 2. The van der Waals surface area contributed by atoms with Crippen LogP contribution in [0.2, 0.25) is 0 Å². The van der Waals surface area contributed by atoms with E-state index in [4.69, 9.17) is 4.74 Å². The van der Waals surface area contributed by atoms with E-state index in [1.54, 1.807) is 0 Å². The van der Waals surface area contributed by atoms with Gasteiger partial charge in [-0.25, -0.2) is 0 Å². The molecule has 0 aromatic heterocycles. The van der Waals surface area contributed by atoms with E-state index < -0.39 is 0 Å². The molecule has 0 saturated heterocycles. The number of hydrogen-bond donors (Lipinski definition) is 0. The third-order valence-corrected chi connectivity index (χ3v) is 13.7. The number of thioether (sulfide) groups is 4. The van der Waals surface area contributed by atoms with E-state index in [9.17, 15) is 0 Å². The first-order valence-corrected chi connectivity index (χ1v) is 15.3. The second-order valence-electron chi connectivity index (χ2n) is 9.38. The van der Waals surface area contributed by atoms with Crippen LogP contribution in [0.5, 0.6) is 0 Å². The molecule has 0 atom stereocenters. The predicted molar refractivity (Wildman–Crippen MR) is 137 cm³/mol. The van der Waals surface area contributed by atoms with Gasteiger partial charge in [0.1, 0.15) is 0 Å². The van der Waals surface area contributed by atoms with Gasteiger partial charge in [0, 0.05) is 19.6 Å². The van der Waals surface area contributed by atoms with E-state index >= 15 is 0 Å². The minimum Gasteiger partial charge on any atom is -0.364 e. The SMILES string of the molecule is c1ccc2c(c1)SC(C1(OC3(C4Sc5ccccc5S4)CCCCC3)CCCCC1)S2. The second kappa shape index (κ2) is 8.87. The van der Waals surface area contributed by atoms with E-state index in [-0.39, 0.29) is 11.2 Å². The van der Waals surface area contributed by atoms with E-state index in [0.29, 0.717) is 9.16 Å². The average molecular weight is 487 g/mol. The summed E-state index contributed by atoms with van der Waals surface area (Å²) in [6.07, 6.45) is 12.9. The minimum atomic E-state index is -0.000161. The topological polar surface area (TPSA) is 9.23 Å². The van der Waals surface area contributed by atoms with Crippen molar-refractivity contribution in [2.24, 2.45) is 0 Å². The van der Waals surface area contributed by atoms with Crippen molar-refractivity contribution in [1.82, 2.24) is 0 Å². The van der Waals surface area contributed by atoms with Crippen LogP contribution in [0.25, 0.3) is 0 Å². The van der Waals surface area contributed by atoms with E-state index in [2.05, 4.69) is 95.6 Å². The maximum Gasteiger partial charge on any atom is 0.0907 e. The third kappa shape index (κ3) is 4.01. The van der Waals surface area contributed by atoms with Gasteiger partial charge in [-0.05, 0) is 49.9 Å². The molecule has 0 N–H and O–H groups in total. The van der Waals surface area contributed by atoms with Crippen molar-refractivity contribution >= 4 is 47.0 Å². The van der Waals surface area contributed by atoms with Crippen LogP contribution in [0.4, 0.5) is 0 Å². The molecule has 0 bridgehead atoms. The summed E-state index contributed by atoms with van der Waals surface area (Å²) >= 11 is 8.33. The van der Waals surface area contributed by atoms with Crippen LogP contribution in [0, 0.1) is 0 Å². The number of rotatable bonds is 4. The summed E-state index contributed by atoms with van der Waals surface area (Å²) in [7, 11) is 0. The molecule has 4 aliphatic rings. The van der Waals surface area contributed by atoms with Crippen LogP contribution in [0.15, 0.2) is 68.1 Å². The lowest BCUT2D eigenvalue weighted by Crippen LogP contribution is -2.54. The van der Waals surface area contributed by atoms with Crippen molar-refractivity contribution in [2.45, 2.75) is 104 Å². The quantitative estimate of drug-likeness (QED) is 0.425. The lowest BCUT2D eigenvalue weighted by Gasteiger charge is -2.51. The maximum absolute atomic E-state index is 7.65. The molecular formula is C26H30OS4. The molecule has 0 spiro atoms. The molecule has 2 aromatic rings. The number of hydrogen-bond acceptors (Lipinski definition) is 5. The van der Waals surface area contributed by atoms with Gasteiger partial charge < -0.3 is 4.74 Å². The Morgan fingerprint density at radius 2 is 0.839 bits per heavy atom. The second-order valence-corrected chi connectivity index (χ2v) is 14.6. The molecule has 164 valence electrons. The summed E-state index contributed by atoms with van der Waals surface area (Å²) in [6, 6.07) is 18.0. The third-order valence-electron chi connectivity index (χ3n) is 7.30. The minimum absolute atomic E-state index is 0.000161. The van der Waals surface area contributed by atoms with Gasteiger partial charge in [-0.3, -0.25) is 0 Å². The van der Waals surface area contributed by atoms with Gasteiger partial charge in [0.25, 0.3) is 0 Å². The van der Waals surface area contributed by atoms with Crippen LogP contribution < -0.4 is 0 Å². The van der Waals surface area contributed by atoms with Gasteiger partial charge in [-0.1, -0.05) is 62.8 Å². The molecule has 2 heterocycles. The summed E-state index contributed by atoms with van der Waals surface area (Å²) in [4.78, 5) is 5.84. The van der Waals surface area contributed by atoms with Gasteiger partial charge in [-0.2, -0.15) is 0 Å². The highest BCUT2D eigenvalue weighted by Gasteiger charge is 2.54. The fraction of sp³-hybridized carbons (Fsp3) is 0.538. The molecule has 2 fully saturated rings.